The Morgan fingerprint density at radius 1 is 1.18 bits per heavy atom. The largest absolute Gasteiger partial charge is 0.319 e. The maximum atomic E-state index is 13.6. The number of pyridine rings is 1. The monoisotopic (exact) mass is 300 g/mol. The van der Waals surface area contributed by atoms with Crippen LogP contribution in [0.4, 0.5) is 14.5 Å². The molecule has 1 N–H and O–H groups in total. The maximum Gasteiger partial charge on any atom is 0.258 e. The van der Waals surface area contributed by atoms with Gasteiger partial charge in [-0.1, -0.05) is 0 Å². The molecule has 3 aromatic rings. The minimum absolute atomic E-state index is 0.253. The Bertz CT molecular complexity index is 818. The summed E-state index contributed by atoms with van der Waals surface area (Å²) in [5, 5.41) is 6.62. The Morgan fingerprint density at radius 2 is 2.05 bits per heavy atom. The predicted octanol–water partition coefficient (Wildman–Crippen LogP) is 2.80. The number of nitrogens with one attached hydrogen (secondary N) is 1. The molecule has 5 nitrogen and oxygen atoms in total. The third-order valence-electron chi connectivity index (χ3n) is 2.97. The lowest BCUT2D eigenvalue weighted by atomic mass is 10.2. The Balaban J connectivity index is 1.92. The number of amides is 1. The van der Waals surface area contributed by atoms with Gasteiger partial charge in [0.25, 0.3) is 5.91 Å². The normalized spacial score (nSPS) is 10.5. The molecule has 0 radical (unpaired) electrons. The predicted molar refractivity (Wildman–Crippen MR) is 75.7 cm³/mol. The summed E-state index contributed by atoms with van der Waals surface area (Å²) < 4.78 is 28.1. The Hall–Kier alpha value is -3.09. The van der Waals surface area contributed by atoms with Gasteiger partial charge in [-0.3, -0.25) is 9.78 Å². The van der Waals surface area contributed by atoms with E-state index in [0.717, 1.165) is 12.1 Å². The molecule has 1 aromatic carbocycles. The zero-order valence-corrected chi connectivity index (χ0v) is 11.2. The van der Waals surface area contributed by atoms with Crippen molar-refractivity contribution >= 4 is 11.6 Å². The lowest BCUT2D eigenvalue weighted by molar-refractivity contribution is 0.102. The van der Waals surface area contributed by atoms with Crippen molar-refractivity contribution in [3.05, 3.63) is 72.3 Å². The number of anilines is 1. The topological polar surface area (TPSA) is 59.8 Å². The molecule has 1 amide bonds. The molecule has 7 heteroatoms. The quantitative estimate of drug-likeness (QED) is 0.809. The van der Waals surface area contributed by atoms with E-state index in [0.29, 0.717) is 17.4 Å². The second kappa shape index (κ2) is 5.72. The molecule has 0 fully saturated rings. The smallest absolute Gasteiger partial charge is 0.258 e. The fraction of sp³-hybridized carbons (Fsp3) is 0. The first kappa shape index (κ1) is 13.9. The highest BCUT2D eigenvalue weighted by Gasteiger charge is 2.15. The zero-order chi connectivity index (χ0) is 15.5. The van der Waals surface area contributed by atoms with Crippen LogP contribution in [0.5, 0.6) is 0 Å². The Kier molecular flexibility index (Phi) is 3.61. The van der Waals surface area contributed by atoms with E-state index < -0.39 is 17.5 Å². The van der Waals surface area contributed by atoms with Gasteiger partial charge in [-0.15, -0.1) is 0 Å². The van der Waals surface area contributed by atoms with E-state index in [1.165, 1.54) is 10.9 Å². The van der Waals surface area contributed by atoms with Crippen LogP contribution in [0.2, 0.25) is 0 Å². The van der Waals surface area contributed by atoms with Crippen molar-refractivity contribution in [1.82, 2.24) is 14.8 Å². The van der Waals surface area contributed by atoms with E-state index in [9.17, 15) is 13.6 Å². The van der Waals surface area contributed by atoms with E-state index in [2.05, 4.69) is 15.4 Å². The molecule has 22 heavy (non-hydrogen) atoms. The molecule has 0 saturated heterocycles. The molecule has 0 aliphatic heterocycles. The first-order valence-electron chi connectivity index (χ1n) is 6.35. The van der Waals surface area contributed by atoms with Crippen LogP contribution in [-0.2, 0) is 0 Å². The van der Waals surface area contributed by atoms with Crippen molar-refractivity contribution in [1.29, 1.82) is 0 Å². The maximum absolute atomic E-state index is 13.6. The van der Waals surface area contributed by atoms with Crippen LogP contribution in [0.3, 0.4) is 0 Å². The van der Waals surface area contributed by atoms with Gasteiger partial charge in [0.1, 0.15) is 11.6 Å². The van der Waals surface area contributed by atoms with Crippen molar-refractivity contribution < 1.29 is 13.6 Å². The second-order valence-electron chi connectivity index (χ2n) is 4.42. The van der Waals surface area contributed by atoms with Crippen LogP contribution >= 0.6 is 0 Å². The average Bonchev–Trinajstić information content (AvgIpc) is 3.01. The first-order valence-corrected chi connectivity index (χ1v) is 6.35. The number of carbonyl (C=O) groups excluding carboxylic acids is 1. The number of carbonyl (C=O) groups is 1. The summed E-state index contributed by atoms with van der Waals surface area (Å²) in [7, 11) is 0. The van der Waals surface area contributed by atoms with Crippen LogP contribution < -0.4 is 5.32 Å². The van der Waals surface area contributed by atoms with Crippen molar-refractivity contribution in [2.75, 3.05) is 5.32 Å². The van der Waals surface area contributed by atoms with E-state index in [-0.39, 0.29) is 5.56 Å². The molecule has 2 aromatic heterocycles. The van der Waals surface area contributed by atoms with Crippen LogP contribution in [-0.4, -0.2) is 20.7 Å². The first-order chi connectivity index (χ1) is 10.6. The SMILES string of the molecule is O=C(Nc1cnccc1-n1cccn1)c1ccc(F)cc1F. The summed E-state index contributed by atoms with van der Waals surface area (Å²) in [5.41, 5.74) is 0.687. The summed E-state index contributed by atoms with van der Waals surface area (Å²) in [6.07, 6.45) is 6.26. The lowest BCUT2D eigenvalue weighted by Gasteiger charge is -2.10. The average molecular weight is 300 g/mol. The molecular weight excluding hydrogens is 290 g/mol. The standard InChI is InChI=1S/C15H10F2N4O/c16-10-2-3-11(12(17)8-10)15(22)20-13-9-18-6-4-14(13)21-7-1-5-19-21/h1-9H,(H,20,22). The number of nitrogens with zero attached hydrogens (tertiary/aromatic N) is 3. The van der Waals surface area contributed by atoms with Gasteiger partial charge in [-0.2, -0.15) is 5.10 Å². The van der Waals surface area contributed by atoms with Crippen LogP contribution in [0, 0.1) is 11.6 Å². The van der Waals surface area contributed by atoms with Crippen molar-refractivity contribution in [2.45, 2.75) is 0 Å². The van der Waals surface area contributed by atoms with E-state index in [4.69, 9.17) is 0 Å². The van der Waals surface area contributed by atoms with Gasteiger partial charge in [0.2, 0.25) is 0 Å². The molecule has 0 spiro atoms. The van der Waals surface area contributed by atoms with Gasteiger partial charge in [0.15, 0.2) is 0 Å². The van der Waals surface area contributed by atoms with Crippen molar-refractivity contribution in [2.24, 2.45) is 0 Å². The fourth-order valence-electron chi connectivity index (χ4n) is 1.96. The van der Waals surface area contributed by atoms with Gasteiger partial charge in [0, 0.05) is 24.7 Å². The van der Waals surface area contributed by atoms with Crippen LogP contribution in [0.1, 0.15) is 10.4 Å². The summed E-state index contributed by atoms with van der Waals surface area (Å²) >= 11 is 0. The number of benzene rings is 1. The highest BCUT2D eigenvalue weighted by Crippen LogP contribution is 2.19. The Labute approximate surface area is 124 Å². The highest BCUT2D eigenvalue weighted by molar-refractivity contribution is 6.05. The number of rotatable bonds is 3. The summed E-state index contributed by atoms with van der Waals surface area (Å²) in [6.45, 7) is 0. The fourth-order valence-corrected chi connectivity index (χ4v) is 1.96. The minimum Gasteiger partial charge on any atom is -0.319 e. The summed E-state index contributed by atoms with van der Waals surface area (Å²) in [5.74, 6) is -2.37. The van der Waals surface area contributed by atoms with Crippen molar-refractivity contribution in [3.8, 4) is 5.69 Å². The van der Waals surface area contributed by atoms with E-state index in [1.54, 1.807) is 30.7 Å². The number of aromatic nitrogens is 3. The molecule has 0 saturated carbocycles. The Morgan fingerprint density at radius 3 is 2.77 bits per heavy atom. The summed E-state index contributed by atoms with van der Waals surface area (Å²) in [4.78, 5) is 16.1. The highest BCUT2D eigenvalue weighted by atomic mass is 19.1. The number of hydrogen-bond acceptors (Lipinski definition) is 3. The molecule has 0 unspecified atom stereocenters. The molecule has 0 aliphatic rings. The summed E-state index contributed by atoms with van der Waals surface area (Å²) in [6, 6.07) is 6.15. The molecule has 110 valence electrons. The van der Waals surface area contributed by atoms with Gasteiger partial charge in [0.05, 0.1) is 23.1 Å². The molecule has 0 aliphatic carbocycles. The van der Waals surface area contributed by atoms with Crippen molar-refractivity contribution in [3.63, 3.8) is 0 Å². The van der Waals surface area contributed by atoms with Gasteiger partial charge in [-0.05, 0) is 24.3 Å². The molecule has 2 heterocycles. The van der Waals surface area contributed by atoms with Gasteiger partial charge < -0.3 is 5.32 Å². The third kappa shape index (κ3) is 2.69. The second-order valence-corrected chi connectivity index (χ2v) is 4.42. The molecule has 0 bridgehead atoms. The number of hydrogen-bond donors (Lipinski definition) is 1. The molecule has 0 atom stereocenters. The zero-order valence-electron chi connectivity index (χ0n) is 11.2. The lowest BCUT2D eigenvalue weighted by Crippen LogP contribution is -2.16. The van der Waals surface area contributed by atoms with E-state index in [1.807, 2.05) is 0 Å². The number of halogens is 2. The minimum atomic E-state index is -0.929. The van der Waals surface area contributed by atoms with Crippen LogP contribution in [0.15, 0.2) is 55.1 Å². The van der Waals surface area contributed by atoms with E-state index >= 15 is 0 Å². The van der Waals surface area contributed by atoms with Crippen LogP contribution in [0.25, 0.3) is 5.69 Å². The third-order valence-corrected chi connectivity index (χ3v) is 2.97. The molecular formula is C15H10F2N4O. The van der Waals surface area contributed by atoms with Gasteiger partial charge >= 0.3 is 0 Å². The molecule has 3 rings (SSSR count). The van der Waals surface area contributed by atoms with Gasteiger partial charge in [-0.25, -0.2) is 13.5 Å².